The van der Waals surface area contributed by atoms with Crippen LogP contribution in [-0.2, 0) is 0 Å². The predicted molar refractivity (Wildman–Crippen MR) is 98.0 cm³/mol. The maximum atomic E-state index is 12.7. The number of nitrogens with one attached hydrogen (secondary N) is 2. The summed E-state index contributed by atoms with van der Waals surface area (Å²) in [5.74, 6) is 0.0878. The molecular formula is C18H17N5O2S. The fourth-order valence-electron chi connectivity index (χ4n) is 3.96. The molecule has 2 aliphatic rings. The summed E-state index contributed by atoms with van der Waals surface area (Å²) in [6.07, 6.45) is 2.42. The van der Waals surface area contributed by atoms with Gasteiger partial charge in [0.2, 0.25) is 5.95 Å². The molecule has 1 amide bonds. The summed E-state index contributed by atoms with van der Waals surface area (Å²) in [5, 5.41) is 18.9. The van der Waals surface area contributed by atoms with E-state index in [1.54, 1.807) is 6.20 Å². The molecule has 0 spiro atoms. The smallest absolute Gasteiger partial charge is 0.271 e. The molecule has 3 N–H and O–H groups in total. The molecule has 1 fully saturated rings. The number of carbonyl (C=O) groups excluding carboxylic acids is 1. The van der Waals surface area contributed by atoms with Crippen molar-refractivity contribution < 1.29 is 9.90 Å². The largest absolute Gasteiger partial charge is 0.393 e. The lowest BCUT2D eigenvalue weighted by Gasteiger charge is -2.27. The van der Waals surface area contributed by atoms with Gasteiger partial charge in [-0.1, -0.05) is 6.07 Å². The minimum Gasteiger partial charge on any atom is -0.393 e. The summed E-state index contributed by atoms with van der Waals surface area (Å²) in [5.41, 5.74) is 1.96. The monoisotopic (exact) mass is 367 g/mol. The Morgan fingerprint density at radius 1 is 1.15 bits per heavy atom. The number of aliphatic hydroxyl groups excluding tert-OH is 1. The molecule has 132 valence electrons. The molecule has 1 aliphatic heterocycles. The Kier molecular flexibility index (Phi) is 3.61. The molecule has 1 unspecified atom stereocenters. The van der Waals surface area contributed by atoms with E-state index < -0.39 is 6.10 Å². The van der Waals surface area contributed by atoms with Gasteiger partial charge in [0.1, 0.15) is 0 Å². The first-order valence-electron chi connectivity index (χ1n) is 8.60. The van der Waals surface area contributed by atoms with E-state index in [9.17, 15) is 9.90 Å². The fourth-order valence-corrected chi connectivity index (χ4v) is 4.78. The Labute approximate surface area is 153 Å². The Bertz CT molecular complexity index is 976. The summed E-state index contributed by atoms with van der Waals surface area (Å²) in [7, 11) is 0. The second-order valence-corrected chi connectivity index (χ2v) is 7.70. The molecule has 4 bridgehead atoms. The highest BCUT2D eigenvalue weighted by Gasteiger charge is 2.41. The van der Waals surface area contributed by atoms with E-state index in [4.69, 9.17) is 0 Å². The van der Waals surface area contributed by atoms with Gasteiger partial charge in [-0.15, -0.1) is 11.3 Å². The molecule has 4 heterocycles. The molecule has 3 aromatic rings. The van der Waals surface area contributed by atoms with Crippen molar-refractivity contribution in [3.63, 3.8) is 0 Å². The van der Waals surface area contributed by atoms with Gasteiger partial charge in [-0.3, -0.25) is 9.78 Å². The van der Waals surface area contributed by atoms with Crippen molar-refractivity contribution in [2.24, 2.45) is 5.92 Å². The van der Waals surface area contributed by atoms with Gasteiger partial charge in [0, 0.05) is 18.2 Å². The van der Waals surface area contributed by atoms with Gasteiger partial charge in [0.05, 0.1) is 28.1 Å². The standard InChI is InChI=1S/C18H17N5O2S/c24-13-8-9-7-10(13)14(11-3-1-2-5-19-11)22-18-21-12-4-6-26-16(12)15(23-18)17(25)20-9/h1-6,9-10,13-14,24H,7-8H2,(H,20,25)(H,21,22,23)/t9-,10-,13-,14?/m0/s1. The third-order valence-electron chi connectivity index (χ3n) is 5.15. The molecule has 26 heavy (non-hydrogen) atoms. The molecule has 7 nitrogen and oxygen atoms in total. The van der Waals surface area contributed by atoms with Crippen LogP contribution in [0.4, 0.5) is 5.95 Å². The van der Waals surface area contributed by atoms with Gasteiger partial charge >= 0.3 is 0 Å². The zero-order valence-electron chi connectivity index (χ0n) is 13.8. The number of hydrogen-bond donors (Lipinski definition) is 3. The lowest BCUT2D eigenvalue weighted by molar-refractivity contribution is 0.0930. The van der Waals surface area contributed by atoms with Crippen molar-refractivity contribution in [1.82, 2.24) is 20.3 Å². The van der Waals surface area contributed by atoms with Crippen LogP contribution < -0.4 is 10.6 Å². The number of rotatable bonds is 1. The summed E-state index contributed by atoms with van der Waals surface area (Å²) in [6, 6.07) is 7.31. The van der Waals surface area contributed by atoms with E-state index in [2.05, 4.69) is 25.6 Å². The van der Waals surface area contributed by atoms with E-state index in [1.807, 2.05) is 29.6 Å². The van der Waals surface area contributed by atoms with Gasteiger partial charge in [-0.2, -0.15) is 0 Å². The topological polar surface area (TPSA) is 100 Å². The number of anilines is 1. The van der Waals surface area contributed by atoms with Crippen LogP contribution in [0.25, 0.3) is 10.2 Å². The molecule has 0 radical (unpaired) electrons. The molecule has 1 saturated carbocycles. The normalized spacial score (nSPS) is 27.8. The SMILES string of the molecule is O=C1N[C@H]2C[C@H](C(c3ccccn3)Nc3nc1c1sccc1n3)[C@@H](O)C2. The van der Waals surface area contributed by atoms with Crippen LogP contribution in [0.15, 0.2) is 35.8 Å². The average molecular weight is 367 g/mol. The molecule has 0 saturated heterocycles. The first kappa shape index (κ1) is 15.7. The number of nitrogens with zero attached hydrogens (tertiary/aromatic N) is 3. The van der Waals surface area contributed by atoms with Crippen molar-refractivity contribution in [2.75, 3.05) is 5.32 Å². The van der Waals surface area contributed by atoms with Crippen LogP contribution in [-0.4, -0.2) is 38.1 Å². The second kappa shape index (κ2) is 6.00. The molecule has 3 aromatic heterocycles. The van der Waals surface area contributed by atoms with E-state index >= 15 is 0 Å². The summed E-state index contributed by atoms with van der Waals surface area (Å²) in [4.78, 5) is 26.2. The first-order valence-corrected chi connectivity index (χ1v) is 9.48. The van der Waals surface area contributed by atoms with E-state index in [0.29, 0.717) is 24.5 Å². The molecule has 8 heteroatoms. The third-order valence-corrected chi connectivity index (χ3v) is 6.06. The highest BCUT2D eigenvalue weighted by atomic mass is 32.1. The maximum Gasteiger partial charge on any atom is 0.271 e. The van der Waals surface area contributed by atoms with Crippen molar-refractivity contribution in [3.8, 4) is 0 Å². The number of carbonyl (C=O) groups is 1. The highest BCUT2D eigenvalue weighted by molar-refractivity contribution is 7.17. The van der Waals surface area contributed by atoms with Gasteiger partial charge in [-0.25, -0.2) is 9.97 Å². The number of aromatic nitrogens is 3. The fraction of sp³-hybridized carbons (Fsp3) is 0.333. The zero-order chi connectivity index (χ0) is 17.7. The number of hydrogen-bond acceptors (Lipinski definition) is 7. The minimum atomic E-state index is -0.530. The Hall–Kier alpha value is -2.58. The third kappa shape index (κ3) is 2.53. The first-order chi connectivity index (χ1) is 12.7. The van der Waals surface area contributed by atoms with Crippen molar-refractivity contribution >= 4 is 33.4 Å². The van der Waals surface area contributed by atoms with Gasteiger partial charge in [0.15, 0.2) is 5.69 Å². The Balaban J connectivity index is 1.67. The summed E-state index contributed by atoms with van der Waals surface area (Å²) < 4.78 is 0.776. The lowest BCUT2D eigenvalue weighted by atomic mass is 9.92. The van der Waals surface area contributed by atoms with Crippen molar-refractivity contribution in [2.45, 2.75) is 31.0 Å². The Morgan fingerprint density at radius 2 is 2.08 bits per heavy atom. The van der Waals surface area contributed by atoms with Crippen molar-refractivity contribution in [3.05, 3.63) is 47.2 Å². The van der Waals surface area contributed by atoms with Crippen LogP contribution in [0.2, 0.25) is 0 Å². The number of pyridine rings is 1. The molecular weight excluding hydrogens is 350 g/mol. The maximum absolute atomic E-state index is 12.7. The van der Waals surface area contributed by atoms with Gasteiger partial charge in [-0.05, 0) is 36.4 Å². The lowest BCUT2D eigenvalue weighted by Crippen LogP contribution is -2.35. The van der Waals surface area contributed by atoms with Crippen LogP contribution >= 0.6 is 11.3 Å². The highest BCUT2D eigenvalue weighted by Crippen LogP contribution is 2.38. The van der Waals surface area contributed by atoms with Crippen LogP contribution in [0.5, 0.6) is 0 Å². The molecule has 5 rings (SSSR count). The minimum absolute atomic E-state index is 0.0814. The number of aliphatic hydroxyl groups is 1. The summed E-state index contributed by atoms with van der Waals surface area (Å²) >= 11 is 1.45. The zero-order valence-corrected chi connectivity index (χ0v) is 14.6. The van der Waals surface area contributed by atoms with Gasteiger partial charge < -0.3 is 15.7 Å². The average Bonchev–Trinajstić information content (AvgIpc) is 3.25. The predicted octanol–water partition coefficient (Wildman–Crippen LogP) is 2.12. The van der Waals surface area contributed by atoms with E-state index in [1.165, 1.54) is 11.3 Å². The molecule has 0 aromatic carbocycles. The van der Waals surface area contributed by atoms with Crippen molar-refractivity contribution in [1.29, 1.82) is 0 Å². The van der Waals surface area contributed by atoms with E-state index in [0.717, 1.165) is 15.9 Å². The number of fused-ring (bicyclic) bond motifs is 6. The van der Waals surface area contributed by atoms with Crippen LogP contribution in [0, 0.1) is 5.92 Å². The van der Waals surface area contributed by atoms with Crippen LogP contribution in [0.3, 0.4) is 0 Å². The molecule has 1 aliphatic carbocycles. The number of thiophene rings is 1. The molecule has 4 atom stereocenters. The van der Waals surface area contributed by atoms with E-state index in [-0.39, 0.29) is 23.9 Å². The second-order valence-electron chi connectivity index (χ2n) is 6.78. The quantitative estimate of drug-likeness (QED) is 0.609. The van der Waals surface area contributed by atoms with Crippen LogP contribution in [0.1, 0.15) is 35.1 Å². The number of amides is 1. The van der Waals surface area contributed by atoms with Gasteiger partial charge in [0.25, 0.3) is 5.91 Å². The Morgan fingerprint density at radius 3 is 2.92 bits per heavy atom. The summed E-state index contributed by atoms with van der Waals surface area (Å²) in [6.45, 7) is 0.